The van der Waals surface area contributed by atoms with Crippen molar-refractivity contribution in [2.45, 2.75) is 50.9 Å². The second-order valence-electron chi connectivity index (χ2n) is 4.22. The summed E-state index contributed by atoms with van der Waals surface area (Å²) < 4.78 is 5.08. The summed E-state index contributed by atoms with van der Waals surface area (Å²) in [5.74, 6) is -1.38. The molecular formula is C11H19NO5. The second kappa shape index (κ2) is 6.56. The van der Waals surface area contributed by atoms with Crippen molar-refractivity contribution in [3.63, 3.8) is 0 Å². The summed E-state index contributed by atoms with van der Waals surface area (Å²) in [6, 6.07) is 0. The van der Waals surface area contributed by atoms with Gasteiger partial charge in [-0.15, -0.1) is 0 Å². The van der Waals surface area contributed by atoms with Gasteiger partial charge in [0.25, 0.3) is 0 Å². The van der Waals surface area contributed by atoms with Crippen LogP contribution in [0, 0.1) is 0 Å². The first-order chi connectivity index (χ1) is 8.04. The number of nitrogens with one attached hydrogen (secondary N) is 1. The largest absolute Gasteiger partial charge is 0.479 e. The Kier molecular flexibility index (Phi) is 5.37. The molecule has 1 saturated heterocycles. The van der Waals surface area contributed by atoms with Crippen molar-refractivity contribution in [3.8, 4) is 0 Å². The number of hydrogen-bond acceptors (Lipinski definition) is 4. The van der Waals surface area contributed by atoms with Crippen LogP contribution in [0.5, 0.6) is 0 Å². The molecule has 1 aliphatic rings. The first-order valence-corrected chi connectivity index (χ1v) is 5.88. The van der Waals surface area contributed by atoms with Gasteiger partial charge in [0.2, 0.25) is 5.91 Å². The lowest BCUT2D eigenvalue weighted by atomic mass is 10.2. The average Bonchev–Trinajstić information content (AvgIpc) is 2.75. The Bertz CT molecular complexity index is 281. The lowest BCUT2D eigenvalue weighted by molar-refractivity contribution is -0.151. The van der Waals surface area contributed by atoms with Crippen LogP contribution < -0.4 is 5.32 Å². The topological polar surface area (TPSA) is 95.9 Å². The Morgan fingerprint density at radius 1 is 1.41 bits per heavy atom. The number of carbonyl (C=O) groups is 2. The Morgan fingerprint density at radius 3 is 2.59 bits per heavy atom. The van der Waals surface area contributed by atoms with Gasteiger partial charge in [0, 0.05) is 6.54 Å². The van der Waals surface area contributed by atoms with Crippen molar-refractivity contribution in [1.29, 1.82) is 0 Å². The quantitative estimate of drug-likeness (QED) is 0.607. The monoisotopic (exact) mass is 245 g/mol. The van der Waals surface area contributed by atoms with Gasteiger partial charge in [-0.1, -0.05) is 13.3 Å². The van der Waals surface area contributed by atoms with Crippen LogP contribution in [0.2, 0.25) is 0 Å². The molecule has 6 heteroatoms. The molecule has 1 rings (SSSR count). The number of aliphatic carboxylic acids is 1. The molecule has 1 fully saturated rings. The van der Waals surface area contributed by atoms with Crippen molar-refractivity contribution in [1.82, 2.24) is 5.32 Å². The number of rotatable bonds is 6. The molecule has 0 radical (unpaired) electrons. The molecule has 0 spiro atoms. The van der Waals surface area contributed by atoms with Gasteiger partial charge in [-0.05, 0) is 19.3 Å². The average molecular weight is 245 g/mol. The van der Waals surface area contributed by atoms with E-state index in [9.17, 15) is 14.7 Å². The van der Waals surface area contributed by atoms with E-state index in [0.29, 0.717) is 19.3 Å². The number of aliphatic hydroxyl groups excluding tert-OH is 1. The number of amides is 1. The minimum Gasteiger partial charge on any atom is -0.479 e. The van der Waals surface area contributed by atoms with E-state index >= 15 is 0 Å². The minimum atomic E-state index is -1.04. The highest BCUT2D eigenvalue weighted by atomic mass is 16.5. The minimum absolute atomic E-state index is 0.185. The number of carboxylic acids is 1. The van der Waals surface area contributed by atoms with E-state index in [-0.39, 0.29) is 12.5 Å². The molecule has 0 bridgehead atoms. The van der Waals surface area contributed by atoms with E-state index in [0.717, 1.165) is 6.42 Å². The van der Waals surface area contributed by atoms with Crippen molar-refractivity contribution >= 4 is 11.9 Å². The van der Waals surface area contributed by atoms with E-state index < -0.39 is 24.3 Å². The fourth-order valence-electron chi connectivity index (χ4n) is 1.78. The van der Waals surface area contributed by atoms with Crippen LogP contribution in [0.4, 0.5) is 0 Å². The van der Waals surface area contributed by atoms with Gasteiger partial charge in [-0.25, -0.2) is 4.79 Å². The first-order valence-electron chi connectivity index (χ1n) is 5.88. The molecule has 0 aliphatic carbocycles. The third-order valence-corrected chi connectivity index (χ3v) is 2.72. The van der Waals surface area contributed by atoms with E-state index in [1.807, 2.05) is 6.92 Å². The normalized spacial score (nSPS) is 25.5. The number of ether oxygens (including phenoxy) is 1. The summed E-state index contributed by atoms with van der Waals surface area (Å²) in [4.78, 5) is 22.2. The van der Waals surface area contributed by atoms with Gasteiger partial charge in [-0.2, -0.15) is 0 Å². The standard InChI is InChI=1S/C11H19NO5/c1-2-3-7(13)6-12-10(14)8-4-5-9(17-8)11(15)16/h7-9,13H,2-6H2,1H3,(H,12,14)(H,15,16)/t7?,8-,9+/m0/s1. The van der Waals surface area contributed by atoms with Crippen LogP contribution in [0.3, 0.4) is 0 Å². The Labute approximate surface area is 100.0 Å². The summed E-state index contributed by atoms with van der Waals surface area (Å²) in [5.41, 5.74) is 0. The number of carbonyl (C=O) groups excluding carboxylic acids is 1. The molecule has 3 atom stereocenters. The van der Waals surface area contributed by atoms with E-state index in [1.54, 1.807) is 0 Å². The molecule has 1 aliphatic heterocycles. The van der Waals surface area contributed by atoms with Crippen LogP contribution in [-0.2, 0) is 14.3 Å². The zero-order chi connectivity index (χ0) is 12.8. The van der Waals surface area contributed by atoms with Crippen molar-refractivity contribution in [2.24, 2.45) is 0 Å². The third kappa shape index (κ3) is 4.32. The van der Waals surface area contributed by atoms with Crippen LogP contribution in [0.1, 0.15) is 32.6 Å². The summed E-state index contributed by atoms with van der Waals surface area (Å²) in [6.07, 6.45) is 0.0935. The predicted octanol–water partition coefficient (Wildman–Crippen LogP) is -0.104. The molecule has 0 aromatic carbocycles. The predicted molar refractivity (Wildman–Crippen MR) is 59.5 cm³/mol. The molecule has 1 amide bonds. The molecule has 0 aromatic rings. The molecule has 6 nitrogen and oxygen atoms in total. The summed E-state index contributed by atoms with van der Waals surface area (Å²) in [7, 11) is 0. The lowest BCUT2D eigenvalue weighted by Gasteiger charge is -2.14. The molecule has 0 saturated carbocycles. The van der Waals surface area contributed by atoms with Crippen LogP contribution >= 0.6 is 0 Å². The van der Waals surface area contributed by atoms with Gasteiger partial charge in [0.1, 0.15) is 6.10 Å². The Hall–Kier alpha value is -1.14. The number of aliphatic hydroxyl groups is 1. The van der Waals surface area contributed by atoms with Gasteiger partial charge in [0.15, 0.2) is 6.10 Å². The van der Waals surface area contributed by atoms with Crippen LogP contribution in [-0.4, -0.2) is 46.9 Å². The van der Waals surface area contributed by atoms with E-state index in [2.05, 4.69) is 5.32 Å². The summed E-state index contributed by atoms with van der Waals surface area (Å²) >= 11 is 0. The molecule has 3 N–H and O–H groups in total. The third-order valence-electron chi connectivity index (χ3n) is 2.72. The second-order valence-corrected chi connectivity index (χ2v) is 4.22. The van der Waals surface area contributed by atoms with Gasteiger partial charge < -0.3 is 20.3 Å². The molecule has 1 unspecified atom stereocenters. The molecule has 17 heavy (non-hydrogen) atoms. The molecule has 1 heterocycles. The van der Waals surface area contributed by atoms with Crippen LogP contribution in [0.25, 0.3) is 0 Å². The van der Waals surface area contributed by atoms with E-state index in [4.69, 9.17) is 9.84 Å². The fourth-order valence-corrected chi connectivity index (χ4v) is 1.78. The smallest absolute Gasteiger partial charge is 0.332 e. The van der Waals surface area contributed by atoms with Gasteiger partial charge in [-0.3, -0.25) is 4.79 Å². The van der Waals surface area contributed by atoms with Gasteiger partial charge >= 0.3 is 5.97 Å². The lowest BCUT2D eigenvalue weighted by Crippen LogP contribution is -2.39. The Morgan fingerprint density at radius 2 is 2.06 bits per heavy atom. The molecular weight excluding hydrogens is 226 g/mol. The zero-order valence-electron chi connectivity index (χ0n) is 9.89. The SMILES string of the molecule is CCCC(O)CNC(=O)[C@@H]1CC[C@H](C(=O)O)O1. The van der Waals surface area contributed by atoms with Crippen molar-refractivity contribution < 1.29 is 24.5 Å². The first kappa shape index (κ1) is 13.9. The highest BCUT2D eigenvalue weighted by molar-refractivity contribution is 5.82. The maximum atomic E-state index is 11.6. The number of hydrogen-bond donors (Lipinski definition) is 3. The van der Waals surface area contributed by atoms with Crippen molar-refractivity contribution in [3.05, 3.63) is 0 Å². The zero-order valence-corrected chi connectivity index (χ0v) is 9.89. The number of carboxylic acid groups (broad SMARTS) is 1. The highest BCUT2D eigenvalue weighted by Crippen LogP contribution is 2.19. The maximum absolute atomic E-state index is 11.6. The summed E-state index contributed by atoms with van der Waals surface area (Å²) in [5, 5.41) is 20.7. The van der Waals surface area contributed by atoms with E-state index in [1.165, 1.54) is 0 Å². The molecule has 98 valence electrons. The maximum Gasteiger partial charge on any atom is 0.332 e. The highest BCUT2D eigenvalue weighted by Gasteiger charge is 2.34. The van der Waals surface area contributed by atoms with Crippen molar-refractivity contribution in [2.75, 3.05) is 6.54 Å². The Balaban J connectivity index is 2.27. The fraction of sp³-hybridized carbons (Fsp3) is 0.818. The summed E-state index contributed by atoms with van der Waals surface area (Å²) in [6.45, 7) is 2.13. The molecule has 0 aromatic heterocycles. The van der Waals surface area contributed by atoms with Crippen LogP contribution in [0.15, 0.2) is 0 Å². The van der Waals surface area contributed by atoms with Gasteiger partial charge in [0.05, 0.1) is 6.10 Å².